The van der Waals surface area contributed by atoms with Crippen molar-refractivity contribution < 1.29 is 81.8 Å². The molecule has 0 aromatic rings. The third-order valence-corrected chi connectivity index (χ3v) is 10.1. The highest BCUT2D eigenvalue weighted by Crippen LogP contribution is 2.14. The highest BCUT2D eigenvalue weighted by Gasteiger charge is 2.21. The van der Waals surface area contributed by atoms with Gasteiger partial charge in [0.1, 0.15) is 32.5 Å². The van der Waals surface area contributed by atoms with Crippen LogP contribution in [0.4, 0.5) is 0 Å². The van der Waals surface area contributed by atoms with Crippen molar-refractivity contribution in [3.05, 3.63) is 0 Å². The number of aliphatic carboxylic acids is 1. The molecule has 23 heteroatoms. The first-order chi connectivity index (χ1) is 34.1. The number of carboxylic acid groups (broad SMARTS) is 1. The second kappa shape index (κ2) is 51.3. The van der Waals surface area contributed by atoms with E-state index < -0.39 is 17.9 Å². The second-order valence-electron chi connectivity index (χ2n) is 16.3. The fourth-order valence-corrected chi connectivity index (χ4v) is 6.32. The molecule has 23 nitrogen and oxygen atoms in total. The number of hydrogen-bond acceptors (Lipinski definition) is 16. The Labute approximate surface area is 414 Å². The Bertz CT molecular complexity index is 1340. The van der Waals surface area contributed by atoms with E-state index in [-0.39, 0.29) is 181 Å². The summed E-state index contributed by atoms with van der Waals surface area (Å²) in [5, 5.41) is 31.0. The van der Waals surface area contributed by atoms with E-state index in [1.54, 1.807) is 0 Å². The lowest BCUT2D eigenvalue weighted by molar-refractivity contribution is -0.142. The van der Waals surface area contributed by atoms with Crippen molar-refractivity contribution in [2.24, 2.45) is 0 Å². The number of carboxylic acids is 1. The van der Waals surface area contributed by atoms with Crippen LogP contribution in [0.2, 0.25) is 0 Å². The maximum atomic E-state index is 12.3. The molecule has 0 bridgehead atoms. The molecule has 0 spiro atoms. The van der Waals surface area contributed by atoms with Gasteiger partial charge in [-0.3, -0.25) is 34.0 Å². The molecule has 0 aromatic carbocycles. The summed E-state index contributed by atoms with van der Waals surface area (Å²) in [6.45, 7) is 4.93. The van der Waals surface area contributed by atoms with E-state index >= 15 is 0 Å². The largest absolute Gasteiger partial charge is 0.480 e. The summed E-state index contributed by atoms with van der Waals surface area (Å²) >= 11 is 0. The minimum atomic E-state index is -1.17. The molecule has 0 fully saturated rings. The Morgan fingerprint density at radius 2 is 0.686 bits per heavy atom. The van der Waals surface area contributed by atoms with E-state index in [2.05, 4.69) is 33.5 Å². The molecule has 0 radical (unpaired) electrons. The first-order valence-corrected chi connectivity index (χ1v) is 25.2. The smallest absolute Gasteiger partial charge is 0.326 e. The molecule has 0 aliphatic rings. The maximum Gasteiger partial charge on any atom is 0.326 e. The molecule has 0 saturated heterocycles. The monoisotopic (exact) mass is 1010 g/mol. The molecule has 408 valence electrons. The average Bonchev–Trinajstić information content (AvgIpc) is 3.34. The van der Waals surface area contributed by atoms with Crippen molar-refractivity contribution in [2.45, 2.75) is 129 Å². The number of ether oxygens (including phenoxy) is 8. The molecule has 0 saturated carbocycles. The van der Waals surface area contributed by atoms with Crippen molar-refractivity contribution in [1.82, 2.24) is 32.1 Å². The van der Waals surface area contributed by atoms with Gasteiger partial charge in [-0.05, 0) is 12.8 Å². The summed E-state index contributed by atoms with van der Waals surface area (Å²) in [7, 11) is 0. The Morgan fingerprint density at radius 1 is 0.371 bits per heavy atom. The van der Waals surface area contributed by atoms with E-state index in [1.807, 2.05) is 0 Å². The number of carbonyl (C=O) groups excluding carboxylic acids is 6. The number of rotatable bonds is 53. The number of amides is 6. The molecule has 0 aromatic heterocycles. The molecule has 0 aliphatic heterocycles. The molecule has 8 N–H and O–H groups in total. The van der Waals surface area contributed by atoms with Gasteiger partial charge >= 0.3 is 5.97 Å². The van der Waals surface area contributed by atoms with Crippen LogP contribution in [0.5, 0.6) is 0 Å². The standard InChI is InChI=1S/C47H88N6O17/c1-2-3-4-5-6-7-8-9-10-11-12-13-14-15-16-17-42(55)52-40(47(60)61)18-19-41(54)48-20-24-63-28-32-67-36-43(56)49-21-25-64-29-33-68-37-44(57)50-22-26-65-30-34-69-38-45(58)51-23-27-66-31-35-70-39-46(59)53-62/h40,62H,2-39H2,1H3,(H,48,54)(H,49,56)(H,50,57)(H,51,58)(H,52,55)(H,53,59)(H,60,61). The summed E-state index contributed by atoms with van der Waals surface area (Å²) in [5.41, 5.74) is 1.44. The Hall–Kier alpha value is -4.07. The zero-order valence-electron chi connectivity index (χ0n) is 42.0. The molecule has 0 rings (SSSR count). The second-order valence-corrected chi connectivity index (χ2v) is 16.3. The van der Waals surface area contributed by atoms with Gasteiger partial charge in [0.25, 0.3) is 5.91 Å². The number of unbranched alkanes of at least 4 members (excludes halogenated alkanes) is 14. The average molecular weight is 1010 g/mol. The highest BCUT2D eigenvalue weighted by molar-refractivity contribution is 5.84. The van der Waals surface area contributed by atoms with Crippen molar-refractivity contribution in [3.8, 4) is 0 Å². The highest BCUT2D eigenvalue weighted by atomic mass is 16.5. The van der Waals surface area contributed by atoms with Gasteiger partial charge in [-0.25, -0.2) is 10.3 Å². The van der Waals surface area contributed by atoms with Crippen LogP contribution in [0.25, 0.3) is 0 Å². The molecule has 6 amide bonds. The molecule has 1 atom stereocenters. The van der Waals surface area contributed by atoms with Crippen LogP contribution in [0.15, 0.2) is 0 Å². The summed E-state index contributed by atoms with van der Waals surface area (Å²) < 4.78 is 42.1. The van der Waals surface area contributed by atoms with Crippen LogP contribution in [0.3, 0.4) is 0 Å². The minimum Gasteiger partial charge on any atom is -0.480 e. The van der Waals surface area contributed by atoms with Gasteiger partial charge in [0.2, 0.25) is 29.5 Å². The van der Waals surface area contributed by atoms with Gasteiger partial charge in [-0.2, -0.15) is 0 Å². The van der Waals surface area contributed by atoms with Crippen LogP contribution in [-0.2, 0) is 71.5 Å². The quantitative estimate of drug-likeness (QED) is 0.0244. The van der Waals surface area contributed by atoms with Crippen LogP contribution < -0.4 is 32.1 Å². The van der Waals surface area contributed by atoms with Gasteiger partial charge in [-0.15, -0.1) is 0 Å². The van der Waals surface area contributed by atoms with E-state index in [1.165, 1.54) is 76.1 Å². The van der Waals surface area contributed by atoms with Crippen molar-refractivity contribution >= 4 is 41.4 Å². The lowest BCUT2D eigenvalue weighted by Crippen LogP contribution is -2.41. The third kappa shape index (κ3) is 48.9. The summed E-state index contributed by atoms with van der Waals surface area (Å²) in [6, 6.07) is -1.13. The van der Waals surface area contributed by atoms with Gasteiger partial charge < -0.3 is 69.6 Å². The van der Waals surface area contributed by atoms with Crippen LogP contribution in [0, 0.1) is 0 Å². The molecular formula is C47H88N6O17. The maximum absolute atomic E-state index is 12.3. The summed E-state index contributed by atoms with van der Waals surface area (Å²) in [6.07, 6.45) is 18.6. The van der Waals surface area contributed by atoms with Crippen LogP contribution in [0.1, 0.15) is 122 Å². The topological polar surface area (TPSA) is 306 Å². The number of hydrogen-bond donors (Lipinski definition) is 8. The van der Waals surface area contributed by atoms with Crippen LogP contribution in [-0.4, -0.2) is 190 Å². The Morgan fingerprint density at radius 3 is 1.03 bits per heavy atom. The fraction of sp³-hybridized carbons (Fsp3) is 0.851. The molecule has 1 unspecified atom stereocenters. The SMILES string of the molecule is CCCCCCCCCCCCCCCCCC(=O)NC(CCC(=O)NCCOCCOCC(=O)NCCOCCOCC(=O)NCCOCCOCC(=O)NCCOCCOCC(=O)NO)C(=O)O. The number of hydroxylamine groups is 1. The molecule has 0 aliphatic carbocycles. The molecule has 0 heterocycles. The predicted molar refractivity (Wildman–Crippen MR) is 257 cm³/mol. The fourth-order valence-electron chi connectivity index (χ4n) is 6.32. The van der Waals surface area contributed by atoms with E-state index in [9.17, 15) is 38.7 Å². The van der Waals surface area contributed by atoms with Gasteiger partial charge in [0.15, 0.2) is 0 Å². The number of carbonyl (C=O) groups is 7. The third-order valence-electron chi connectivity index (χ3n) is 10.1. The molecular weight excluding hydrogens is 921 g/mol. The van der Waals surface area contributed by atoms with Gasteiger partial charge in [-0.1, -0.05) is 96.8 Å². The lowest BCUT2D eigenvalue weighted by Gasteiger charge is -2.14. The van der Waals surface area contributed by atoms with Gasteiger partial charge in [0, 0.05) is 39.0 Å². The number of nitrogens with one attached hydrogen (secondary N) is 6. The van der Waals surface area contributed by atoms with Crippen molar-refractivity contribution in [1.29, 1.82) is 0 Å². The zero-order chi connectivity index (χ0) is 51.4. The summed E-state index contributed by atoms with van der Waals surface area (Å²) in [4.78, 5) is 82.6. The zero-order valence-corrected chi connectivity index (χ0v) is 42.0. The van der Waals surface area contributed by atoms with Crippen LogP contribution >= 0.6 is 0 Å². The first kappa shape index (κ1) is 65.9. The Balaban J connectivity index is 3.58. The predicted octanol–water partition coefficient (Wildman–Crippen LogP) is 1.70. The van der Waals surface area contributed by atoms with E-state index in [0.29, 0.717) is 6.42 Å². The van der Waals surface area contributed by atoms with Crippen molar-refractivity contribution in [2.75, 3.05) is 132 Å². The molecule has 70 heavy (non-hydrogen) atoms. The van der Waals surface area contributed by atoms with E-state index in [0.717, 1.165) is 19.3 Å². The Kier molecular flexibility index (Phi) is 48.3. The van der Waals surface area contributed by atoms with E-state index in [4.69, 9.17) is 43.1 Å². The van der Waals surface area contributed by atoms with Gasteiger partial charge in [0.05, 0.1) is 79.3 Å². The normalized spacial score (nSPS) is 11.5. The van der Waals surface area contributed by atoms with Crippen molar-refractivity contribution in [3.63, 3.8) is 0 Å². The summed E-state index contributed by atoms with van der Waals surface area (Å²) in [5.74, 6) is -3.48. The first-order valence-electron chi connectivity index (χ1n) is 25.2. The minimum absolute atomic E-state index is 0.0196. The lowest BCUT2D eigenvalue weighted by atomic mass is 10.0.